The molecule has 0 aromatic heterocycles. The van der Waals surface area contributed by atoms with Gasteiger partial charge in [-0.1, -0.05) is 13.8 Å². The van der Waals surface area contributed by atoms with E-state index >= 15 is 0 Å². The first-order valence-corrected chi connectivity index (χ1v) is 4.44. The number of carboxylic acids is 1. The summed E-state index contributed by atoms with van der Waals surface area (Å²) in [5.74, 6) is 0.343. The van der Waals surface area contributed by atoms with Crippen molar-refractivity contribution in [3.63, 3.8) is 0 Å². The van der Waals surface area contributed by atoms with E-state index in [-0.39, 0.29) is 0 Å². The summed E-state index contributed by atoms with van der Waals surface area (Å²) in [7, 11) is 0. The minimum atomic E-state index is -0.731. The summed E-state index contributed by atoms with van der Waals surface area (Å²) in [4.78, 5) is 10.8. The fourth-order valence-corrected chi connectivity index (χ4v) is 1.66. The average Bonchev–Trinajstić information content (AvgIpc) is 2.33. The second-order valence-corrected chi connectivity index (χ2v) is 4.23. The zero-order valence-corrected chi connectivity index (χ0v) is 7.92. The van der Waals surface area contributed by atoms with Gasteiger partial charge in [-0.05, 0) is 31.7 Å². The predicted octanol–water partition coefficient (Wildman–Crippen LogP) is 1.10. The Morgan fingerprint density at radius 3 is 2.50 bits per heavy atom. The number of rotatable bonds is 2. The van der Waals surface area contributed by atoms with Gasteiger partial charge in [-0.15, -0.1) is 0 Å². The maximum Gasteiger partial charge on any atom is 0.323 e. The summed E-state index contributed by atoms with van der Waals surface area (Å²) in [5, 5.41) is 12.0. The number of hydrogen-bond acceptors (Lipinski definition) is 2. The van der Waals surface area contributed by atoms with Crippen LogP contribution in [-0.4, -0.2) is 23.2 Å². The SMILES string of the molecule is CC(C)C1CNC(C)(C(=O)O)C1. The van der Waals surface area contributed by atoms with Gasteiger partial charge in [0.15, 0.2) is 0 Å². The highest BCUT2D eigenvalue weighted by Crippen LogP contribution is 2.28. The Balaban J connectivity index is 2.61. The molecule has 0 amide bonds. The minimum Gasteiger partial charge on any atom is -0.480 e. The van der Waals surface area contributed by atoms with Crippen LogP contribution in [-0.2, 0) is 4.79 Å². The van der Waals surface area contributed by atoms with Crippen molar-refractivity contribution in [1.82, 2.24) is 5.32 Å². The van der Waals surface area contributed by atoms with E-state index in [0.717, 1.165) is 13.0 Å². The lowest BCUT2D eigenvalue weighted by molar-refractivity contribution is -0.143. The summed E-state index contributed by atoms with van der Waals surface area (Å²) in [6.07, 6.45) is 0.750. The number of nitrogens with one attached hydrogen (secondary N) is 1. The monoisotopic (exact) mass is 171 g/mol. The van der Waals surface area contributed by atoms with Crippen LogP contribution < -0.4 is 5.32 Å². The van der Waals surface area contributed by atoms with Gasteiger partial charge in [0.05, 0.1) is 0 Å². The van der Waals surface area contributed by atoms with Crippen LogP contribution in [0.15, 0.2) is 0 Å². The highest BCUT2D eigenvalue weighted by atomic mass is 16.4. The quantitative estimate of drug-likeness (QED) is 0.654. The third-order valence-electron chi connectivity index (χ3n) is 2.84. The number of carboxylic acid groups (broad SMARTS) is 1. The molecule has 0 spiro atoms. The maximum absolute atomic E-state index is 10.8. The molecule has 2 N–H and O–H groups in total. The molecule has 0 aliphatic carbocycles. The molecule has 1 rings (SSSR count). The van der Waals surface area contributed by atoms with E-state index in [2.05, 4.69) is 19.2 Å². The van der Waals surface area contributed by atoms with Crippen molar-refractivity contribution in [2.45, 2.75) is 32.7 Å². The second-order valence-electron chi connectivity index (χ2n) is 4.23. The number of aliphatic carboxylic acids is 1. The second kappa shape index (κ2) is 3.05. The largest absolute Gasteiger partial charge is 0.480 e. The molecule has 0 radical (unpaired) electrons. The molecule has 0 saturated carbocycles. The van der Waals surface area contributed by atoms with Crippen LogP contribution in [0.5, 0.6) is 0 Å². The van der Waals surface area contributed by atoms with E-state index in [1.54, 1.807) is 6.92 Å². The molecule has 1 heterocycles. The molecule has 1 fully saturated rings. The van der Waals surface area contributed by atoms with Crippen molar-refractivity contribution in [3.05, 3.63) is 0 Å². The fourth-order valence-electron chi connectivity index (χ4n) is 1.66. The van der Waals surface area contributed by atoms with Crippen LogP contribution >= 0.6 is 0 Å². The van der Waals surface area contributed by atoms with Crippen LogP contribution in [0.2, 0.25) is 0 Å². The van der Waals surface area contributed by atoms with Crippen molar-refractivity contribution in [1.29, 1.82) is 0 Å². The highest BCUT2D eigenvalue weighted by molar-refractivity contribution is 5.78. The van der Waals surface area contributed by atoms with Gasteiger partial charge < -0.3 is 10.4 Å². The Labute approximate surface area is 73.2 Å². The van der Waals surface area contributed by atoms with Gasteiger partial charge in [-0.2, -0.15) is 0 Å². The van der Waals surface area contributed by atoms with Gasteiger partial charge in [-0.25, -0.2) is 0 Å². The van der Waals surface area contributed by atoms with Crippen molar-refractivity contribution in [2.24, 2.45) is 11.8 Å². The van der Waals surface area contributed by atoms with Crippen LogP contribution in [0, 0.1) is 11.8 Å². The molecule has 1 aliphatic rings. The lowest BCUT2D eigenvalue weighted by atomic mass is 9.88. The first kappa shape index (κ1) is 9.52. The maximum atomic E-state index is 10.8. The smallest absolute Gasteiger partial charge is 0.323 e. The Hall–Kier alpha value is -0.570. The molecular formula is C9H17NO2. The summed E-state index contributed by atoms with van der Waals surface area (Å²) >= 11 is 0. The van der Waals surface area contributed by atoms with E-state index in [1.165, 1.54) is 0 Å². The molecule has 3 nitrogen and oxygen atoms in total. The normalized spacial score (nSPS) is 35.8. The van der Waals surface area contributed by atoms with Crippen molar-refractivity contribution in [3.8, 4) is 0 Å². The predicted molar refractivity (Wildman–Crippen MR) is 47.0 cm³/mol. The molecule has 70 valence electrons. The van der Waals surface area contributed by atoms with Gasteiger partial charge in [0, 0.05) is 0 Å². The van der Waals surface area contributed by atoms with Gasteiger partial charge in [-0.3, -0.25) is 4.79 Å². The highest BCUT2D eigenvalue weighted by Gasteiger charge is 2.41. The van der Waals surface area contributed by atoms with Crippen LogP contribution in [0.25, 0.3) is 0 Å². The van der Waals surface area contributed by atoms with Crippen molar-refractivity contribution in [2.75, 3.05) is 6.54 Å². The lowest BCUT2D eigenvalue weighted by Gasteiger charge is -2.19. The Morgan fingerprint density at radius 2 is 2.25 bits per heavy atom. The summed E-state index contributed by atoms with van der Waals surface area (Å²) in [5.41, 5.74) is -0.686. The van der Waals surface area contributed by atoms with E-state index in [0.29, 0.717) is 11.8 Å². The molecule has 3 heteroatoms. The Bertz CT molecular complexity index is 191. The van der Waals surface area contributed by atoms with Crippen molar-refractivity contribution < 1.29 is 9.90 Å². The molecular weight excluding hydrogens is 154 g/mol. The van der Waals surface area contributed by atoms with Crippen LogP contribution in [0.3, 0.4) is 0 Å². The zero-order valence-electron chi connectivity index (χ0n) is 7.92. The molecule has 0 bridgehead atoms. The van der Waals surface area contributed by atoms with Gasteiger partial charge in [0.1, 0.15) is 5.54 Å². The Kier molecular flexibility index (Phi) is 2.42. The number of carbonyl (C=O) groups is 1. The third-order valence-corrected chi connectivity index (χ3v) is 2.84. The van der Waals surface area contributed by atoms with Gasteiger partial charge in [0.25, 0.3) is 0 Å². The van der Waals surface area contributed by atoms with Crippen molar-refractivity contribution >= 4 is 5.97 Å². The zero-order chi connectivity index (χ0) is 9.35. The first-order chi connectivity index (χ1) is 5.46. The first-order valence-electron chi connectivity index (χ1n) is 4.44. The van der Waals surface area contributed by atoms with Crippen LogP contribution in [0.4, 0.5) is 0 Å². The van der Waals surface area contributed by atoms with E-state index in [4.69, 9.17) is 5.11 Å². The van der Waals surface area contributed by atoms with E-state index in [1.807, 2.05) is 0 Å². The standard InChI is InChI=1S/C9H17NO2/c1-6(2)7-4-9(3,8(11)12)10-5-7/h6-7,10H,4-5H2,1-3H3,(H,11,12). The fraction of sp³-hybridized carbons (Fsp3) is 0.889. The third kappa shape index (κ3) is 1.61. The van der Waals surface area contributed by atoms with Gasteiger partial charge in [0.2, 0.25) is 0 Å². The topological polar surface area (TPSA) is 49.3 Å². The molecule has 1 saturated heterocycles. The molecule has 1 aliphatic heterocycles. The molecule has 2 unspecified atom stereocenters. The van der Waals surface area contributed by atoms with Gasteiger partial charge >= 0.3 is 5.97 Å². The van der Waals surface area contributed by atoms with E-state index < -0.39 is 11.5 Å². The molecule has 0 aromatic carbocycles. The molecule has 2 atom stereocenters. The summed E-state index contributed by atoms with van der Waals surface area (Å²) in [6.45, 7) is 6.87. The summed E-state index contributed by atoms with van der Waals surface area (Å²) in [6, 6.07) is 0. The average molecular weight is 171 g/mol. The summed E-state index contributed by atoms with van der Waals surface area (Å²) < 4.78 is 0. The number of hydrogen-bond donors (Lipinski definition) is 2. The lowest BCUT2D eigenvalue weighted by Crippen LogP contribution is -2.44. The Morgan fingerprint density at radius 1 is 1.67 bits per heavy atom. The van der Waals surface area contributed by atoms with Crippen LogP contribution in [0.1, 0.15) is 27.2 Å². The molecule has 0 aromatic rings. The van der Waals surface area contributed by atoms with E-state index in [9.17, 15) is 4.79 Å². The minimum absolute atomic E-state index is 0.506. The molecule has 12 heavy (non-hydrogen) atoms.